The van der Waals surface area contributed by atoms with Gasteiger partial charge >= 0.3 is 5.97 Å². The number of hydrogen-bond donors (Lipinski definition) is 3. The average Bonchev–Trinajstić information content (AvgIpc) is 2.94. The van der Waals surface area contributed by atoms with Crippen molar-refractivity contribution < 1.29 is 15.0 Å². The number of nitrogen functional groups attached to an aromatic ring is 1. The molecular formula is C16H25N5O3. The minimum atomic E-state index is -0.739. The van der Waals surface area contributed by atoms with E-state index in [-0.39, 0.29) is 12.5 Å². The van der Waals surface area contributed by atoms with E-state index in [1.807, 2.05) is 4.57 Å². The lowest BCUT2D eigenvalue weighted by Crippen LogP contribution is -2.21. The van der Waals surface area contributed by atoms with Crippen molar-refractivity contribution in [1.29, 1.82) is 0 Å². The molecule has 0 amide bonds. The second-order valence-electron chi connectivity index (χ2n) is 6.09. The van der Waals surface area contributed by atoms with Crippen molar-refractivity contribution in [2.75, 3.05) is 5.73 Å². The third-order valence-corrected chi connectivity index (χ3v) is 4.19. The number of unbranched alkanes of at least 4 members (excludes halogenated alkanes) is 4. The van der Waals surface area contributed by atoms with Crippen LogP contribution in [0.3, 0.4) is 0 Å². The number of carboxylic acids is 1. The molecule has 0 fully saturated rings. The molecule has 0 aliphatic rings. The van der Waals surface area contributed by atoms with E-state index in [2.05, 4.69) is 15.0 Å². The lowest BCUT2D eigenvalue weighted by atomic mass is 10.0. The van der Waals surface area contributed by atoms with Crippen molar-refractivity contribution in [1.82, 2.24) is 19.5 Å². The number of aliphatic hydroxyl groups is 1. The summed E-state index contributed by atoms with van der Waals surface area (Å²) in [5.74, 6) is -0.404. The number of nitrogens with two attached hydrogens (primary N) is 1. The first-order valence-electron chi connectivity index (χ1n) is 8.33. The van der Waals surface area contributed by atoms with Gasteiger partial charge in [0.15, 0.2) is 11.5 Å². The predicted octanol–water partition coefficient (Wildman–Crippen LogP) is 2.15. The molecule has 132 valence electrons. The molecule has 2 atom stereocenters. The quantitative estimate of drug-likeness (QED) is 0.568. The summed E-state index contributed by atoms with van der Waals surface area (Å²) in [6.45, 7) is 1.76. The summed E-state index contributed by atoms with van der Waals surface area (Å²) < 4.78 is 1.86. The van der Waals surface area contributed by atoms with Gasteiger partial charge in [0, 0.05) is 6.42 Å². The summed E-state index contributed by atoms with van der Waals surface area (Å²) in [6.07, 6.45) is 8.14. The average molecular weight is 335 g/mol. The highest BCUT2D eigenvalue weighted by Crippen LogP contribution is 2.25. The monoisotopic (exact) mass is 335 g/mol. The summed E-state index contributed by atoms with van der Waals surface area (Å²) >= 11 is 0. The minimum Gasteiger partial charge on any atom is -0.481 e. The maximum atomic E-state index is 10.5. The zero-order chi connectivity index (χ0) is 17.5. The molecule has 0 bridgehead atoms. The van der Waals surface area contributed by atoms with Crippen molar-refractivity contribution >= 4 is 23.0 Å². The van der Waals surface area contributed by atoms with Crippen LogP contribution in [-0.4, -0.2) is 41.8 Å². The van der Waals surface area contributed by atoms with Gasteiger partial charge in [-0.1, -0.05) is 25.7 Å². The molecule has 2 aromatic rings. The van der Waals surface area contributed by atoms with Crippen LogP contribution in [0.1, 0.15) is 57.9 Å². The molecule has 24 heavy (non-hydrogen) atoms. The number of rotatable bonds is 10. The lowest BCUT2D eigenvalue weighted by Gasteiger charge is -2.21. The number of carboxylic acid groups (broad SMARTS) is 1. The maximum Gasteiger partial charge on any atom is 0.303 e. The van der Waals surface area contributed by atoms with E-state index in [4.69, 9.17) is 10.8 Å². The maximum absolute atomic E-state index is 10.5. The van der Waals surface area contributed by atoms with Gasteiger partial charge in [0.25, 0.3) is 0 Å². The zero-order valence-electron chi connectivity index (χ0n) is 13.9. The molecule has 0 spiro atoms. The van der Waals surface area contributed by atoms with E-state index in [0.717, 1.165) is 38.5 Å². The fraction of sp³-hybridized carbons (Fsp3) is 0.625. The van der Waals surface area contributed by atoms with E-state index < -0.39 is 12.1 Å². The third kappa shape index (κ3) is 4.64. The molecule has 8 heteroatoms. The Morgan fingerprint density at radius 1 is 1.21 bits per heavy atom. The van der Waals surface area contributed by atoms with Crippen LogP contribution in [0, 0.1) is 0 Å². The molecule has 0 saturated heterocycles. The van der Waals surface area contributed by atoms with E-state index in [1.165, 1.54) is 6.33 Å². The first-order valence-corrected chi connectivity index (χ1v) is 8.33. The Morgan fingerprint density at radius 2 is 1.92 bits per heavy atom. The predicted molar refractivity (Wildman–Crippen MR) is 90.4 cm³/mol. The van der Waals surface area contributed by atoms with Gasteiger partial charge in [-0.15, -0.1) is 0 Å². The van der Waals surface area contributed by atoms with Crippen molar-refractivity contribution in [3.63, 3.8) is 0 Å². The number of imidazole rings is 1. The Morgan fingerprint density at radius 3 is 2.62 bits per heavy atom. The molecule has 2 heterocycles. The van der Waals surface area contributed by atoms with Gasteiger partial charge in [0.1, 0.15) is 11.8 Å². The number of nitrogens with zero attached hydrogens (tertiary/aromatic N) is 4. The lowest BCUT2D eigenvalue weighted by molar-refractivity contribution is -0.137. The number of fused-ring (bicyclic) bond motifs is 1. The second-order valence-corrected chi connectivity index (χ2v) is 6.09. The van der Waals surface area contributed by atoms with Crippen LogP contribution in [0.5, 0.6) is 0 Å². The smallest absolute Gasteiger partial charge is 0.303 e. The number of aliphatic carboxylic acids is 1. The number of anilines is 1. The molecule has 0 aliphatic carbocycles. The van der Waals surface area contributed by atoms with E-state index in [1.54, 1.807) is 13.3 Å². The fourth-order valence-corrected chi connectivity index (χ4v) is 2.89. The number of carbonyl (C=O) groups is 1. The van der Waals surface area contributed by atoms with E-state index in [9.17, 15) is 9.90 Å². The van der Waals surface area contributed by atoms with Crippen molar-refractivity contribution in [2.24, 2.45) is 0 Å². The van der Waals surface area contributed by atoms with Gasteiger partial charge < -0.3 is 20.5 Å². The van der Waals surface area contributed by atoms with Crippen LogP contribution in [0.25, 0.3) is 11.2 Å². The number of hydrogen-bond acceptors (Lipinski definition) is 6. The van der Waals surface area contributed by atoms with Crippen LogP contribution in [0.15, 0.2) is 12.7 Å². The first kappa shape index (κ1) is 18.1. The van der Waals surface area contributed by atoms with Gasteiger partial charge in [-0.05, 0) is 19.8 Å². The summed E-state index contributed by atoms with van der Waals surface area (Å²) in [7, 11) is 0. The molecule has 0 radical (unpaired) electrons. The van der Waals surface area contributed by atoms with Crippen LogP contribution in [0.4, 0.5) is 5.82 Å². The molecule has 0 aromatic carbocycles. The van der Waals surface area contributed by atoms with E-state index >= 15 is 0 Å². The molecule has 0 unspecified atom stereocenters. The molecular weight excluding hydrogens is 310 g/mol. The van der Waals surface area contributed by atoms with Crippen molar-refractivity contribution in [3.05, 3.63) is 12.7 Å². The minimum absolute atomic E-state index is 0.122. The van der Waals surface area contributed by atoms with Gasteiger partial charge in [-0.3, -0.25) is 4.79 Å². The molecule has 0 aliphatic heterocycles. The topological polar surface area (TPSA) is 127 Å². The number of aromatic nitrogens is 4. The Bertz CT molecular complexity index is 671. The Kier molecular flexibility index (Phi) is 6.48. The van der Waals surface area contributed by atoms with Gasteiger partial charge in [-0.25, -0.2) is 15.0 Å². The highest BCUT2D eigenvalue weighted by atomic mass is 16.4. The third-order valence-electron chi connectivity index (χ3n) is 4.19. The molecule has 4 N–H and O–H groups in total. The highest BCUT2D eigenvalue weighted by molar-refractivity contribution is 5.81. The van der Waals surface area contributed by atoms with Crippen LogP contribution < -0.4 is 5.73 Å². The highest BCUT2D eigenvalue weighted by Gasteiger charge is 2.20. The largest absolute Gasteiger partial charge is 0.481 e. The van der Waals surface area contributed by atoms with Gasteiger partial charge in [0.2, 0.25) is 0 Å². The summed E-state index contributed by atoms with van der Waals surface area (Å²) in [6, 6.07) is -0.122. The van der Waals surface area contributed by atoms with Gasteiger partial charge in [-0.2, -0.15) is 0 Å². The zero-order valence-corrected chi connectivity index (χ0v) is 13.9. The molecule has 2 rings (SSSR count). The Hall–Kier alpha value is -2.22. The number of aliphatic hydroxyl groups excluding tert-OH is 1. The molecule has 8 nitrogen and oxygen atoms in total. The van der Waals surface area contributed by atoms with Crippen LogP contribution >= 0.6 is 0 Å². The Balaban J connectivity index is 1.90. The van der Waals surface area contributed by atoms with Crippen molar-refractivity contribution in [3.8, 4) is 0 Å². The van der Waals surface area contributed by atoms with Gasteiger partial charge in [0.05, 0.1) is 18.5 Å². The fourth-order valence-electron chi connectivity index (χ4n) is 2.89. The first-order chi connectivity index (χ1) is 11.5. The second kappa shape index (κ2) is 8.58. The van der Waals surface area contributed by atoms with Crippen LogP contribution in [-0.2, 0) is 4.79 Å². The molecule has 2 aromatic heterocycles. The normalized spacial score (nSPS) is 13.9. The summed E-state index contributed by atoms with van der Waals surface area (Å²) in [5.41, 5.74) is 6.99. The van der Waals surface area contributed by atoms with Crippen LogP contribution in [0.2, 0.25) is 0 Å². The Labute approximate surface area is 140 Å². The molecule has 0 saturated carbocycles. The summed E-state index contributed by atoms with van der Waals surface area (Å²) in [4.78, 5) is 22.9. The van der Waals surface area contributed by atoms with E-state index in [0.29, 0.717) is 17.0 Å². The summed E-state index contributed by atoms with van der Waals surface area (Å²) in [5, 5.41) is 18.7. The van der Waals surface area contributed by atoms with Crippen molar-refractivity contribution in [2.45, 2.75) is 64.0 Å². The SMILES string of the molecule is C[C@H](O)[C@@H](CCCCCCCC(=O)O)n1cnc2c(N)ncnc21. The standard InChI is InChI=1S/C16H25N5O3/c1-11(22)12(7-5-3-2-4-6-8-13(23)24)21-10-20-14-15(17)18-9-19-16(14)21/h9-12,22H,2-8H2,1H3,(H,23,24)(H2,17,18,19)/t11-,12+/m0/s1.